The van der Waals surface area contributed by atoms with Crippen molar-refractivity contribution in [3.05, 3.63) is 27.4 Å². The lowest BCUT2D eigenvalue weighted by atomic mass is 9.89. The Hall–Kier alpha value is -1.36. The van der Waals surface area contributed by atoms with Crippen LogP contribution in [0.3, 0.4) is 0 Å². The molecule has 5 nitrogen and oxygen atoms in total. The molecule has 1 aromatic heterocycles. The van der Waals surface area contributed by atoms with Gasteiger partial charge in [-0.15, -0.1) is 0 Å². The van der Waals surface area contributed by atoms with Crippen molar-refractivity contribution < 1.29 is 4.92 Å². The van der Waals surface area contributed by atoms with Crippen LogP contribution in [0.25, 0.3) is 0 Å². The molecule has 2 bridgehead atoms. The fourth-order valence-electron chi connectivity index (χ4n) is 3.54. The van der Waals surface area contributed by atoms with Crippen LogP contribution in [0.15, 0.2) is 12.1 Å². The summed E-state index contributed by atoms with van der Waals surface area (Å²) in [6.07, 6.45) is 5.35. The number of pyridine rings is 1. The first-order valence-corrected chi connectivity index (χ1v) is 7.05. The van der Waals surface area contributed by atoms with E-state index in [1.54, 1.807) is 0 Å². The van der Waals surface area contributed by atoms with Gasteiger partial charge in [-0.3, -0.25) is 10.1 Å². The molecule has 2 saturated carbocycles. The molecular weight excluding hydrogens is 266 g/mol. The van der Waals surface area contributed by atoms with Crippen molar-refractivity contribution in [1.29, 1.82) is 0 Å². The Labute approximate surface area is 116 Å². The lowest BCUT2D eigenvalue weighted by molar-refractivity contribution is -0.384. The molecule has 6 heteroatoms. The zero-order valence-corrected chi connectivity index (χ0v) is 11.3. The number of rotatable bonds is 4. The second kappa shape index (κ2) is 4.96. The Morgan fingerprint density at radius 1 is 1.42 bits per heavy atom. The van der Waals surface area contributed by atoms with Crippen molar-refractivity contribution in [3.63, 3.8) is 0 Å². The van der Waals surface area contributed by atoms with Gasteiger partial charge in [0.25, 0.3) is 5.69 Å². The van der Waals surface area contributed by atoms with Crippen LogP contribution < -0.4 is 5.32 Å². The van der Waals surface area contributed by atoms with Gasteiger partial charge in [0.15, 0.2) is 0 Å². The lowest BCUT2D eigenvalue weighted by Crippen LogP contribution is -2.20. The molecule has 102 valence electrons. The summed E-state index contributed by atoms with van der Waals surface area (Å²) in [5.41, 5.74) is -0.0181. The molecule has 2 fully saturated rings. The van der Waals surface area contributed by atoms with Gasteiger partial charge in [0, 0.05) is 6.54 Å². The fraction of sp³-hybridized carbons (Fsp3) is 0.615. The van der Waals surface area contributed by atoms with Crippen LogP contribution >= 0.6 is 11.6 Å². The summed E-state index contributed by atoms with van der Waals surface area (Å²) in [4.78, 5) is 14.4. The maximum atomic E-state index is 10.8. The SMILES string of the molecule is O=[N+]([O-])c1cc(Cl)nc(NCC2CC3CCC2C3)c1. The topological polar surface area (TPSA) is 68.1 Å². The zero-order valence-electron chi connectivity index (χ0n) is 10.5. The molecule has 0 aliphatic heterocycles. The first kappa shape index (κ1) is 12.7. The van der Waals surface area contributed by atoms with Crippen LogP contribution in [-0.2, 0) is 0 Å². The summed E-state index contributed by atoms with van der Waals surface area (Å²) < 4.78 is 0. The highest BCUT2D eigenvalue weighted by molar-refractivity contribution is 6.29. The molecule has 0 amide bonds. The van der Waals surface area contributed by atoms with Crippen LogP contribution in [0.4, 0.5) is 11.5 Å². The average molecular weight is 282 g/mol. The van der Waals surface area contributed by atoms with E-state index in [0.29, 0.717) is 11.7 Å². The number of fused-ring (bicyclic) bond motifs is 2. The highest BCUT2D eigenvalue weighted by Crippen LogP contribution is 2.48. The molecule has 0 spiro atoms. The fourth-order valence-corrected chi connectivity index (χ4v) is 3.74. The number of hydrogen-bond acceptors (Lipinski definition) is 4. The number of aromatic nitrogens is 1. The Morgan fingerprint density at radius 3 is 2.89 bits per heavy atom. The number of halogens is 1. The van der Waals surface area contributed by atoms with Crippen LogP contribution in [0.5, 0.6) is 0 Å². The predicted octanol–water partition coefficient (Wildman–Crippen LogP) is 3.49. The molecule has 1 heterocycles. The number of nitrogens with one attached hydrogen (secondary N) is 1. The first-order chi connectivity index (χ1) is 9.11. The molecule has 2 aliphatic rings. The minimum absolute atomic E-state index is 0.0181. The highest BCUT2D eigenvalue weighted by atomic mass is 35.5. The van der Waals surface area contributed by atoms with Gasteiger partial charge in [0.05, 0.1) is 17.1 Å². The molecule has 0 aromatic carbocycles. The lowest BCUT2D eigenvalue weighted by Gasteiger charge is -2.22. The highest BCUT2D eigenvalue weighted by Gasteiger charge is 2.39. The Bertz CT molecular complexity index is 509. The molecule has 2 aliphatic carbocycles. The molecule has 3 unspecified atom stereocenters. The smallest absolute Gasteiger partial charge is 0.276 e. The van der Waals surface area contributed by atoms with Gasteiger partial charge in [-0.25, -0.2) is 4.98 Å². The third-order valence-corrected chi connectivity index (χ3v) is 4.61. The summed E-state index contributed by atoms with van der Waals surface area (Å²) in [7, 11) is 0. The van der Waals surface area contributed by atoms with E-state index in [1.807, 2.05) is 0 Å². The minimum atomic E-state index is -0.448. The third-order valence-electron chi connectivity index (χ3n) is 4.42. The molecule has 0 saturated heterocycles. The molecule has 3 rings (SSSR count). The molecule has 3 atom stereocenters. The van der Waals surface area contributed by atoms with Gasteiger partial charge < -0.3 is 5.32 Å². The van der Waals surface area contributed by atoms with Crippen molar-refractivity contribution >= 4 is 23.1 Å². The van der Waals surface area contributed by atoms with Gasteiger partial charge in [-0.05, 0) is 37.0 Å². The largest absolute Gasteiger partial charge is 0.370 e. The van der Waals surface area contributed by atoms with E-state index in [0.717, 1.165) is 18.4 Å². The van der Waals surface area contributed by atoms with E-state index >= 15 is 0 Å². The number of anilines is 1. The van der Waals surface area contributed by atoms with Crippen LogP contribution in [0.2, 0.25) is 5.15 Å². The van der Waals surface area contributed by atoms with E-state index in [4.69, 9.17) is 11.6 Å². The maximum Gasteiger partial charge on any atom is 0.276 e. The van der Waals surface area contributed by atoms with Crippen molar-refractivity contribution in [2.24, 2.45) is 17.8 Å². The number of nitrogens with zero attached hydrogens (tertiary/aromatic N) is 2. The summed E-state index contributed by atoms with van der Waals surface area (Å²) in [5, 5.41) is 14.1. The van der Waals surface area contributed by atoms with Gasteiger partial charge in [0.1, 0.15) is 11.0 Å². The van der Waals surface area contributed by atoms with E-state index in [2.05, 4.69) is 10.3 Å². The van der Waals surface area contributed by atoms with Gasteiger partial charge in [0.2, 0.25) is 0 Å². The van der Waals surface area contributed by atoms with Crippen LogP contribution in [0, 0.1) is 27.9 Å². The van der Waals surface area contributed by atoms with Crippen molar-refractivity contribution in [2.75, 3.05) is 11.9 Å². The molecule has 0 radical (unpaired) electrons. The second-order valence-corrected chi connectivity index (χ2v) is 5.99. The standard InChI is InChI=1S/C13H16ClN3O2/c14-12-5-11(17(18)19)6-13(16-12)15-7-10-4-8-1-2-9(10)3-8/h5-6,8-10H,1-4,7H2,(H,15,16). The molecule has 1 aromatic rings. The normalized spacial score (nSPS) is 28.6. The van der Waals surface area contributed by atoms with E-state index < -0.39 is 4.92 Å². The number of nitro groups is 1. The van der Waals surface area contributed by atoms with Gasteiger partial charge >= 0.3 is 0 Å². The summed E-state index contributed by atoms with van der Waals surface area (Å²) in [6, 6.07) is 2.71. The maximum absolute atomic E-state index is 10.8. The van der Waals surface area contributed by atoms with E-state index in [-0.39, 0.29) is 10.8 Å². The Morgan fingerprint density at radius 2 is 2.26 bits per heavy atom. The van der Waals surface area contributed by atoms with Crippen molar-refractivity contribution in [1.82, 2.24) is 4.98 Å². The summed E-state index contributed by atoms with van der Waals surface area (Å²) >= 11 is 5.80. The molecule has 1 N–H and O–H groups in total. The van der Waals surface area contributed by atoms with Gasteiger partial charge in [-0.1, -0.05) is 18.0 Å². The second-order valence-electron chi connectivity index (χ2n) is 5.61. The first-order valence-electron chi connectivity index (χ1n) is 6.67. The Balaban J connectivity index is 1.65. The van der Waals surface area contributed by atoms with E-state index in [1.165, 1.54) is 37.8 Å². The van der Waals surface area contributed by atoms with Crippen molar-refractivity contribution in [3.8, 4) is 0 Å². The average Bonchev–Trinajstić information content (AvgIpc) is 2.97. The van der Waals surface area contributed by atoms with Crippen LogP contribution in [-0.4, -0.2) is 16.5 Å². The van der Waals surface area contributed by atoms with Crippen molar-refractivity contribution in [2.45, 2.75) is 25.7 Å². The summed E-state index contributed by atoms with van der Waals surface area (Å²) in [6.45, 7) is 0.839. The monoisotopic (exact) mass is 281 g/mol. The third kappa shape index (κ3) is 2.66. The Kier molecular flexibility index (Phi) is 3.31. The summed E-state index contributed by atoms with van der Waals surface area (Å²) in [5.74, 6) is 2.91. The number of hydrogen-bond donors (Lipinski definition) is 1. The van der Waals surface area contributed by atoms with Gasteiger partial charge in [-0.2, -0.15) is 0 Å². The van der Waals surface area contributed by atoms with Crippen LogP contribution in [0.1, 0.15) is 25.7 Å². The molecular formula is C13H16ClN3O2. The minimum Gasteiger partial charge on any atom is -0.370 e. The van der Waals surface area contributed by atoms with E-state index in [9.17, 15) is 10.1 Å². The zero-order chi connectivity index (χ0) is 13.4. The molecule has 19 heavy (non-hydrogen) atoms. The quantitative estimate of drug-likeness (QED) is 0.521. The predicted molar refractivity (Wildman–Crippen MR) is 73.3 cm³/mol.